The molecule has 0 aliphatic carbocycles. The van der Waals surface area contributed by atoms with Crippen molar-refractivity contribution in [3.8, 4) is 10.4 Å². The van der Waals surface area contributed by atoms with Crippen molar-refractivity contribution in [3.05, 3.63) is 45.0 Å². The third kappa shape index (κ3) is 2.86. The summed E-state index contributed by atoms with van der Waals surface area (Å²) in [5, 5.41) is 0.619. The molecule has 2 rings (SSSR count). The number of nitrogens with two attached hydrogens (primary N) is 1. The van der Waals surface area contributed by atoms with Gasteiger partial charge in [0.25, 0.3) is 0 Å². The minimum atomic E-state index is -0.270. The molecular weight excluding hydrogens is 292 g/mol. The first-order valence-corrected chi connectivity index (χ1v) is 7.04. The van der Waals surface area contributed by atoms with E-state index in [2.05, 4.69) is 0 Å². The van der Waals surface area contributed by atoms with Crippen LogP contribution in [0.3, 0.4) is 0 Å². The maximum absolute atomic E-state index is 12.9. The molecule has 0 fully saturated rings. The van der Waals surface area contributed by atoms with Crippen LogP contribution in [-0.2, 0) is 6.42 Å². The number of halogens is 3. The van der Waals surface area contributed by atoms with Crippen molar-refractivity contribution in [1.82, 2.24) is 0 Å². The molecule has 0 saturated carbocycles. The van der Waals surface area contributed by atoms with Gasteiger partial charge in [-0.05, 0) is 31.0 Å². The molecule has 1 atom stereocenters. The molecule has 0 aliphatic rings. The van der Waals surface area contributed by atoms with Gasteiger partial charge in [0.15, 0.2) is 0 Å². The summed E-state index contributed by atoms with van der Waals surface area (Å²) in [4.78, 5) is 0.859. The topological polar surface area (TPSA) is 26.0 Å². The highest BCUT2D eigenvalue weighted by Gasteiger charge is 2.17. The zero-order chi connectivity index (χ0) is 13.3. The predicted octanol–water partition coefficient (Wildman–Crippen LogP) is 4.75. The van der Waals surface area contributed by atoms with E-state index in [9.17, 15) is 4.39 Å². The van der Waals surface area contributed by atoms with Crippen LogP contribution in [0.25, 0.3) is 10.4 Å². The molecule has 96 valence electrons. The Morgan fingerprint density at radius 3 is 2.44 bits per heavy atom. The molecule has 0 radical (unpaired) electrons. The van der Waals surface area contributed by atoms with Gasteiger partial charge in [0.05, 0.1) is 14.2 Å². The van der Waals surface area contributed by atoms with E-state index in [0.29, 0.717) is 15.8 Å². The maximum atomic E-state index is 12.9. The zero-order valence-electron chi connectivity index (χ0n) is 9.71. The second-order valence-corrected chi connectivity index (χ2v) is 6.19. The van der Waals surface area contributed by atoms with E-state index >= 15 is 0 Å². The van der Waals surface area contributed by atoms with Gasteiger partial charge in [0, 0.05) is 11.6 Å². The van der Waals surface area contributed by atoms with Gasteiger partial charge in [-0.2, -0.15) is 0 Å². The van der Waals surface area contributed by atoms with Crippen LogP contribution in [-0.4, -0.2) is 6.04 Å². The quantitative estimate of drug-likeness (QED) is 0.870. The Bertz CT molecular complexity index is 549. The highest BCUT2D eigenvalue weighted by atomic mass is 35.5. The third-order valence-corrected chi connectivity index (χ3v) is 4.58. The number of hydrogen-bond acceptors (Lipinski definition) is 2. The fourth-order valence-corrected chi connectivity index (χ4v) is 3.56. The highest BCUT2D eigenvalue weighted by Crippen LogP contribution is 2.43. The van der Waals surface area contributed by atoms with Gasteiger partial charge in [-0.15, -0.1) is 11.3 Å². The summed E-state index contributed by atoms with van der Waals surface area (Å²) >= 11 is 13.9. The Kier molecular flexibility index (Phi) is 4.28. The lowest BCUT2D eigenvalue weighted by Gasteiger charge is -2.04. The number of benzene rings is 1. The first-order chi connectivity index (χ1) is 8.49. The second-order valence-electron chi connectivity index (χ2n) is 4.19. The Balaban J connectivity index is 2.43. The largest absolute Gasteiger partial charge is 0.328 e. The molecule has 1 unspecified atom stereocenters. The van der Waals surface area contributed by atoms with Crippen LogP contribution in [0, 0.1) is 5.82 Å². The number of thiophene rings is 1. The lowest BCUT2D eigenvalue weighted by atomic mass is 10.1. The molecule has 2 N–H and O–H groups in total. The van der Waals surface area contributed by atoms with E-state index in [1.165, 1.54) is 23.5 Å². The molecule has 1 nitrogen and oxygen atoms in total. The van der Waals surface area contributed by atoms with E-state index in [0.717, 1.165) is 16.0 Å². The lowest BCUT2D eigenvalue weighted by molar-refractivity contribution is 0.628. The van der Waals surface area contributed by atoms with Gasteiger partial charge in [-0.3, -0.25) is 0 Å². The SMILES string of the molecule is CC(N)Cc1c(Cl)sc(-c2ccc(F)cc2)c1Cl. The summed E-state index contributed by atoms with van der Waals surface area (Å²) in [6.45, 7) is 1.90. The summed E-state index contributed by atoms with van der Waals surface area (Å²) in [5.74, 6) is -0.270. The van der Waals surface area contributed by atoms with E-state index in [1.54, 1.807) is 12.1 Å². The van der Waals surface area contributed by atoms with Gasteiger partial charge in [0.2, 0.25) is 0 Å². The monoisotopic (exact) mass is 303 g/mol. The molecule has 1 heterocycles. The Morgan fingerprint density at radius 2 is 1.89 bits per heavy atom. The van der Waals surface area contributed by atoms with Crippen LogP contribution in [0.1, 0.15) is 12.5 Å². The van der Waals surface area contributed by atoms with Crippen molar-refractivity contribution in [1.29, 1.82) is 0 Å². The van der Waals surface area contributed by atoms with E-state index in [1.807, 2.05) is 6.92 Å². The maximum Gasteiger partial charge on any atom is 0.123 e. The molecule has 0 amide bonds. The Morgan fingerprint density at radius 1 is 1.28 bits per heavy atom. The van der Waals surface area contributed by atoms with Crippen molar-refractivity contribution in [2.45, 2.75) is 19.4 Å². The van der Waals surface area contributed by atoms with E-state index in [-0.39, 0.29) is 11.9 Å². The molecule has 1 aromatic heterocycles. The van der Waals surface area contributed by atoms with Gasteiger partial charge in [-0.25, -0.2) is 4.39 Å². The normalized spacial score (nSPS) is 12.7. The van der Waals surface area contributed by atoms with Crippen molar-refractivity contribution in [2.24, 2.45) is 5.73 Å². The molecule has 0 spiro atoms. The highest BCUT2D eigenvalue weighted by molar-refractivity contribution is 7.20. The van der Waals surface area contributed by atoms with Crippen molar-refractivity contribution in [2.75, 3.05) is 0 Å². The average molecular weight is 304 g/mol. The molecule has 5 heteroatoms. The van der Waals surface area contributed by atoms with Crippen LogP contribution in [0.5, 0.6) is 0 Å². The molecule has 2 aromatic rings. The van der Waals surface area contributed by atoms with E-state index in [4.69, 9.17) is 28.9 Å². The van der Waals surface area contributed by atoms with Crippen LogP contribution in [0.15, 0.2) is 24.3 Å². The summed E-state index contributed by atoms with van der Waals surface area (Å²) in [7, 11) is 0. The fourth-order valence-electron chi connectivity index (χ4n) is 1.70. The zero-order valence-corrected chi connectivity index (χ0v) is 12.0. The number of hydrogen-bond donors (Lipinski definition) is 1. The van der Waals surface area contributed by atoms with Crippen LogP contribution >= 0.6 is 34.5 Å². The molecule has 0 bridgehead atoms. The van der Waals surface area contributed by atoms with Crippen LogP contribution in [0.2, 0.25) is 9.36 Å². The first-order valence-electron chi connectivity index (χ1n) is 5.47. The first kappa shape index (κ1) is 13.8. The average Bonchev–Trinajstić information content (AvgIpc) is 2.58. The van der Waals surface area contributed by atoms with Gasteiger partial charge >= 0.3 is 0 Å². The van der Waals surface area contributed by atoms with Gasteiger partial charge in [-0.1, -0.05) is 35.3 Å². The fraction of sp³-hybridized carbons (Fsp3) is 0.231. The van der Waals surface area contributed by atoms with Crippen molar-refractivity contribution in [3.63, 3.8) is 0 Å². The van der Waals surface area contributed by atoms with Gasteiger partial charge in [0.1, 0.15) is 5.82 Å². The standard InChI is InChI=1S/C13H12Cl2FNS/c1-7(17)6-10-11(14)12(18-13(10)15)8-2-4-9(16)5-3-8/h2-5,7H,6,17H2,1H3. The second kappa shape index (κ2) is 5.57. The van der Waals surface area contributed by atoms with E-state index < -0.39 is 0 Å². The van der Waals surface area contributed by atoms with Crippen LogP contribution < -0.4 is 5.73 Å². The van der Waals surface area contributed by atoms with Crippen LogP contribution in [0.4, 0.5) is 4.39 Å². The van der Waals surface area contributed by atoms with Crippen molar-refractivity contribution >= 4 is 34.5 Å². The number of rotatable bonds is 3. The smallest absolute Gasteiger partial charge is 0.123 e. The summed E-state index contributed by atoms with van der Waals surface area (Å²) in [5.41, 5.74) is 7.51. The lowest BCUT2D eigenvalue weighted by Crippen LogP contribution is -2.17. The Hall–Kier alpha value is -0.610. The molecule has 0 aliphatic heterocycles. The minimum absolute atomic E-state index is 0.00401. The molecular formula is C13H12Cl2FNS. The summed E-state index contributed by atoms with van der Waals surface area (Å²) in [6, 6.07) is 6.20. The predicted molar refractivity (Wildman–Crippen MR) is 77.1 cm³/mol. The van der Waals surface area contributed by atoms with Crippen molar-refractivity contribution < 1.29 is 4.39 Å². The Labute approximate surface area is 119 Å². The minimum Gasteiger partial charge on any atom is -0.328 e. The molecule has 18 heavy (non-hydrogen) atoms. The third-order valence-electron chi connectivity index (χ3n) is 2.53. The van der Waals surface area contributed by atoms with Gasteiger partial charge < -0.3 is 5.73 Å². The summed E-state index contributed by atoms with van der Waals surface area (Å²) < 4.78 is 13.5. The molecule has 0 saturated heterocycles. The molecule has 1 aromatic carbocycles. The summed E-state index contributed by atoms with van der Waals surface area (Å²) in [6.07, 6.45) is 0.634.